The molecule has 0 aliphatic rings. The van der Waals surface area contributed by atoms with Gasteiger partial charge in [-0.05, 0) is 12.8 Å². The van der Waals surface area contributed by atoms with E-state index in [1.165, 1.54) is 0 Å². The van der Waals surface area contributed by atoms with Crippen LogP contribution in [0.15, 0.2) is 0 Å². The van der Waals surface area contributed by atoms with Crippen molar-refractivity contribution in [2.45, 2.75) is 20.8 Å². The lowest BCUT2D eigenvalue weighted by atomic mass is 10.2. The topological polar surface area (TPSA) is 71.1 Å². The average Bonchev–Trinajstić information content (AvgIpc) is 2.11. The van der Waals surface area contributed by atoms with E-state index in [1.54, 1.807) is 6.92 Å². The Morgan fingerprint density at radius 1 is 1.20 bits per heavy atom. The van der Waals surface area contributed by atoms with Crippen molar-refractivity contribution in [1.82, 2.24) is 0 Å². The fourth-order valence-corrected chi connectivity index (χ4v) is 1.07. The molecule has 6 nitrogen and oxygen atoms in total. The van der Waals surface area contributed by atoms with Crippen molar-refractivity contribution in [3.63, 3.8) is 0 Å². The van der Waals surface area contributed by atoms with E-state index < -0.39 is 10.4 Å². The third-order valence-electron chi connectivity index (χ3n) is 1.19. The standard InChI is InChI=1S/C8H18O6S/c1-4-11-5-6-13-15(9,10)14-12-7-8(2)3/h8H,4-7H2,1-3H3. The van der Waals surface area contributed by atoms with Crippen LogP contribution in [0, 0.1) is 5.92 Å². The zero-order valence-electron chi connectivity index (χ0n) is 9.26. The van der Waals surface area contributed by atoms with Gasteiger partial charge in [0.1, 0.15) is 0 Å². The Morgan fingerprint density at radius 3 is 2.40 bits per heavy atom. The minimum atomic E-state index is -4.06. The van der Waals surface area contributed by atoms with Crippen molar-refractivity contribution in [3.8, 4) is 0 Å². The zero-order valence-corrected chi connectivity index (χ0v) is 10.1. The van der Waals surface area contributed by atoms with Crippen LogP contribution in [0.2, 0.25) is 0 Å². The first kappa shape index (κ1) is 14.8. The summed E-state index contributed by atoms with van der Waals surface area (Å²) in [5.41, 5.74) is 0. The molecule has 0 aromatic heterocycles. The van der Waals surface area contributed by atoms with Crippen molar-refractivity contribution < 1.29 is 26.6 Å². The molecule has 0 bridgehead atoms. The minimum Gasteiger partial charge on any atom is -0.379 e. The van der Waals surface area contributed by atoms with Crippen molar-refractivity contribution in [3.05, 3.63) is 0 Å². The number of hydrogen-bond donors (Lipinski definition) is 0. The fourth-order valence-electron chi connectivity index (χ4n) is 0.582. The van der Waals surface area contributed by atoms with E-state index in [9.17, 15) is 8.42 Å². The molecule has 0 heterocycles. The molecule has 0 amide bonds. The van der Waals surface area contributed by atoms with Crippen LogP contribution in [0.3, 0.4) is 0 Å². The molecule has 0 spiro atoms. The van der Waals surface area contributed by atoms with E-state index in [4.69, 9.17) is 4.74 Å². The molecule has 0 fully saturated rings. The highest BCUT2D eigenvalue weighted by molar-refractivity contribution is 7.81. The molecular weight excluding hydrogens is 224 g/mol. The predicted octanol–water partition coefficient (Wildman–Crippen LogP) is 0.889. The number of hydrogen-bond acceptors (Lipinski definition) is 6. The first-order valence-corrected chi connectivity index (χ1v) is 6.09. The van der Waals surface area contributed by atoms with E-state index in [0.717, 1.165) is 0 Å². The SMILES string of the molecule is CCOCCOS(=O)(=O)OOCC(C)C. The van der Waals surface area contributed by atoms with Crippen molar-refractivity contribution in [1.29, 1.82) is 0 Å². The summed E-state index contributed by atoms with van der Waals surface area (Å²) < 4.78 is 35.3. The molecule has 0 unspecified atom stereocenters. The minimum absolute atomic E-state index is 0.0821. The van der Waals surface area contributed by atoms with Gasteiger partial charge < -0.3 is 4.74 Å². The average molecular weight is 242 g/mol. The third-order valence-corrected chi connectivity index (χ3v) is 1.91. The summed E-state index contributed by atoms with van der Waals surface area (Å²) in [5.74, 6) is 0.184. The molecule has 0 saturated carbocycles. The summed E-state index contributed by atoms with van der Waals surface area (Å²) in [6.45, 7) is 6.35. The van der Waals surface area contributed by atoms with Crippen molar-refractivity contribution >= 4 is 10.4 Å². The Morgan fingerprint density at radius 2 is 1.87 bits per heavy atom. The van der Waals surface area contributed by atoms with Crippen LogP contribution in [0.5, 0.6) is 0 Å². The van der Waals surface area contributed by atoms with Gasteiger partial charge in [0.25, 0.3) is 0 Å². The molecule has 0 rings (SSSR count). The van der Waals surface area contributed by atoms with Crippen molar-refractivity contribution in [2.24, 2.45) is 5.92 Å². The van der Waals surface area contributed by atoms with Crippen LogP contribution in [0.25, 0.3) is 0 Å². The Hall–Kier alpha value is -0.210. The maximum absolute atomic E-state index is 11.0. The summed E-state index contributed by atoms with van der Waals surface area (Å²) in [4.78, 5) is 4.46. The summed E-state index contributed by atoms with van der Waals surface area (Å²) >= 11 is 0. The first-order valence-electron chi connectivity index (χ1n) is 4.76. The summed E-state index contributed by atoms with van der Waals surface area (Å²) in [6.07, 6.45) is 0. The van der Waals surface area contributed by atoms with Gasteiger partial charge in [-0.3, -0.25) is 0 Å². The monoisotopic (exact) mass is 242 g/mol. The lowest BCUT2D eigenvalue weighted by Crippen LogP contribution is -2.15. The van der Waals surface area contributed by atoms with Gasteiger partial charge in [0.2, 0.25) is 0 Å². The number of rotatable bonds is 9. The van der Waals surface area contributed by atoms with Gasteiger partial charge in [-0.25, -0.2) is 9.07 Å². The Kier molecular flexibility index (Phi) is 7.89. The van der Waals surface area contributed by atoms with Crippen LogP contribution in [-0.4, -0.2) is 34.8 Å². The molecule has 7 heteroatoms. The van der Waals surface area contributed by atoms with E-state index >= 15 is 0 Å². The van der Waals surface area contributed by atoms with Gasteiger partial charge in [0.15, 0.2) is 0 Å². The quantitative estimate of drug-likeness (QED) is 0.340. The van der Waals surface area contributed by atoms with Crippen LogP contribution in [0.4, 0.5) is 0 Å². The zero-order chi connectivity index (χ0) is 11.7. The van der Waals surface area contributed by atoms with Crippen molar-refractivity contribution in [2.75, 3.05) is 26.4 Å². The lowest BCUT2D eigenvalue weighted by Gasteiger charge is -2.06. The maximum Gasteiger partial charge on any atom is 0.426 e. The molecular formula is C8H18O6S. The smallest absolute Gasteiger partial charge is 0.379 e. The van der Waals surface area contributed by atoms with Gasteiger partial charge in [-0.2, -0.15) is 8.42 Å². The second kappa shape index (κ2) is 8.00. The van der Waals surface area contributed by atoms with Crippen LogP contribution < -0.4 is 0 Å². The molecule has 0 saturated heterocycles. The van der Waals surface area contributed by atoms with Gasteiger partial charge in [0.05, 0.1) is 19.8 Å². The molecule has 0 atom stereocenters. The largest absolute Gasteiger partial charge is 0.426 e. The normalized spacial score (nSPS) is 12.3. The number of ether oxygens (including phenoxy) is 1. The Balaban J connectivity index is 3.59. The molecule has 0 radical (unpaired) electrons. The highest BCUT2D eigenvalue weighted by Gasteiger charge is 2.13. The Labute approximate surface area is 90.7 Å². The van der Waals surface area contributed by atoms with E-state index in [0.29, 0.717) is 6.61 Å². The van der Waals surface area contributed by atoms with E-state index in [-0.39, 0.29) is 25.7 Å². The first-order chi connectivity index (χ1) is 6.98. The van der Waals surface area contributed by atoms with Gasteiger partial charge in [0, 0.05) is 6.61 Å². The van der Waals surface area contributed by atoms with E-state index in [1.807, 2.05) is 13.8 Å². The summed E-state index contributed by atoms with van der Waals surface area (Å²) in [5, 5.41) is 0. The highest BCUT2D eigenvalue weighted by Crippen LogP contribution is 2.00. The van der Waals surface area contributed by atoms with Crippen LogP contribution in [-0.2, 0) is 28.5 Å². The molecule has 92 valence electrons. The maximum atomic E-state index is 11.0. The molecule has 15 heavy (non-hydrogen) atoms. The molecule has 0 aromatic carbocycles. The van der Waals surface area contributed by atoms with Gasteiger partial charge in [-0.1, -0.05) is 18.2 Å². The molecule has 0 aliphatic heterocycles. The van der Waals surface area contributed by atoms with Crippen LogP contribution >= 0.6 is 0 Å². The van der Waals surface area contributed by atoms with Gasteiger partial charge >= 0.3 is 10.4 Å². The molecule has 0 aliphatic carbocycles. The molecule has 0 aromatic rings. The Bertz CT molecular complexity index is 236. The van der Waals surface area contributed by atoms with Crippen LogP contribution in [0.1, 0.15) is 20.8 Å². The lowest BCUT2D eigenvalue weighted by molar-refractivity contribution is -0.217. The summed E-state index contributed by atoms with van der Waals surface area (Å²) in [7, 11) is -4.06. The second-order valence-electron chi connectivity index (χ2n) is 3.17. The highest BCUT2D eigenvalue weighted by atomic mass is 32.3. The third kappa shape index (κ3) is 10.1. The summed E-state index contributed by atoms with van der Waals surface area (Å²) in [6, 6.07) is 0. The van der Waals surface area contributed by atoms with Gasteiger partial charge in [-0.15, -0.1) is 0 Å². The van der Waals surface area contributed by atoms with E-state index in [2.05, 4.69) is 13.4 Å². The second-order valence-corrected chi connectivity index (χ2v) is 4.36. The predicted molar refractivity (Wildman–Crippen MR) is 53.2 cm³/mol. The fraction of sp³-hybridized carbons (Fsp3) is 1.00. The molecule has 0 N–H and O–H groups in total.